The van der Waals surface area contributed by atoms with Gasteiger partial charge in [-0.05, 0) is 12.1 Å². The van der Waals surface area contributed by atoms with Crippen LogP contribution in [-0.4, -0.2) is 8.41 Å². The van der Waals surface area contributed by atoms with Crippen molar-refractivity contribution in [2.45, 2.75) is 0 Å². The summed E-state index contributed by atoms with van der Waals surface area (Å²) in [5, 5.41) is 0. The molecular formula is C6H6BClF3N. The van der Waals surface area contributed by atoms with Crippen molar-refractivity contribution in [3.05, 3.63) is 30.3 Å². The Hall–Kier alpha value is -0.835. The monoisotopic (exact) mass is 195 g/mol. The Morgan fingerprint density at radius 2 is 1.33 bits per heavy atom. The summed E-state index contributed by atoms with van der Waals surface area (Å²) in [5.74, 6) is 0. The van der Waals surface area contributed by atoms with Gasteiger partial charge in [0.2, 0.25) is 0 Å². The van der Waals surface area contributed by atoms with Crippen molar-refractivity contribution < 1.29 is 14.1 Å². The minimum atomic E-state index is 0. The van der Waals surface area contributed by atoms with E-state index in [4.69, 9.17) is 11.8 Å². The molecule has 0 unspecified atom stereocenters. The van der Waals surface area contributed by atoms with Crippen LogP contribution in [0.5, 0.6) is 0 Å². The molecule has 0 radical (unpaired) electrons. The Kier molecular flexibility index (Phi) is 24.0. The molecule has 1 aromatic rings. The van der Waals surface area contributed by atoms with Crippen molar-refractivity contribution in [3.8, 4) is 0 Å². The smallest absolute Gasteiger partial charge is 1.00 e. The summed E-state index contributed by atoms with van der Waals surface area (Å²) in [5.41, 5.74) is 0.925. The van der Waals surface area contributed by atoms with Crippen LogP contribution in [0.15, 0.2) is 30.3 Å². The summed E-state index contributed by atoms with van der Waals surface area (Å²) in [7, 11) is 0. The molecule has 66 valence electrons. The predicted molar refractivity (Wildman–Crippen MR) is 41.7 cm³/mol. The molecule has 0 aromatic heterocycles. The number of hydrogen-bond donors (Lipinski definition) is 1. The van der Waals surface area contributed by atoms with Crippen LogP contribution in [-0.2, 0) is 0 Å². The molecule has 0 aliphatic rings. The van der Waals surface area contributed by atoms with E-state index < -0.39 is 0 Å². The van der Waals surface area contributed by atoms with Gasteiger partial charge in [-0.3, -0.25) is 4.84 Å². The molecule has 0 aliphatic carbocycles. The van der Waals surface area contributed by atoms with Crippen molar-refractivity contribution in [1.29, 1.82) is 0 Å². The fourth-order valence-corrected chi connectivity index (χ4v) is 0.627. The van der Waals surface area contributed by atoms with Gasteiger partial charge in [0, 0.05) is 17.5 Å². The standard InChI is InChI=1S/C6H6ClN.B.3FH/c7-8-6-4-2-1-3-5-6;;;;/h1-5,8H;;3*1H/q;+3;;;/p-3. The molecule has 0 saturated heterocycles. The molecule has 12 heavy (non-hydrogen) atoms. The van der Waals surface area contributed by atoms with E-state index in [2.05, 4.69) is 4.84 Å². The number of rotatable bonds is 1. The third kappa shape index (κ3) is 7.27. The Labute approximate surface area is 75.9 Å². The summed E-state index contributed by atoms with van der Waals surface area (Å²) in [6, 6.07) is 9.58. The van der Waals surface area contributed by atoms with Crippen LogP contribution in [0.3, 0.4) is 0 Å². The SMILES string of the molecule is ClNc1ccccc1.[B+3].[F-].[F-].[F-]. The van der Waals surface area contributed by atoms with E-state index >= 15 is 0 Å². The van der Waals surface area contributed by atoms with Gasteiger partial charge in [-0.25, -0.2) is 0 Å². The van der Waals surface area contributed by atoms with E-state index in [0.717, 1.165) is 5.69 Å². The predicted octanol–water partition coefficient (Wildman–Crippen LogP) is -7.12. The van der Waals surface area contributed by atoms with Gasteiger partial charge in [-0.1, -0.05) is 18.2 Å². The van der Waals surface area contributed by atoms with Crippen molar-refractivity contribution in [2.24, 2.45) is 0 Å². The number of hydrogen-bond acceptors (Lipinski definition) is 1. The summed E-state index contributed by atoms with van der Waals surface area (Å²) in [4.78, 5) is 2.50. The van der Waals surface area contributed by atoms with Crippen LogP contribution in [0.1, 0.15) is 0 Å². The van der Waals surface area contributed by atoms with Crippen molar-refractivity contribution in [1.82, 2.24) is 0 Å². The van der Waals surface area contributed by atoms with Crippen LogP contribution in [0.2, 0.25) is 0 Å². The molecular weight excluding hydrogens is 189 g/mol. The molecule has 0 aliphatic heterocycles. The third-order valence-corrected chi connectivity index (χ3v) is 1.10. The fraction of sp³-hybridized carbons (Fsp3) is 0. The molecule has 0 heterocycles. The second-order valence-electron chi connectivity index (χ2n) is 1.46. The van der Waals surface area contributed by atoms with Gasteiger partial charge >= 0.3 is 8.41 Å². The Morgan fingerprint density at radius 1 is 0.917 bits per heavy atom. The van der Waals surface area contributed by atoms with Crippen LogP contribution < -0.4 is 18.9 Å². The number of anilines is 1. The van der Waals surface area contributed by atoms with Gasteiger partial charge < -0.3 is 14.1 Å². The maximum absolute atomic E-state index is 5.28. The number of halogens is 4. The molecule has 1 aromatic carbocycles. The number of benzene rings is 1. The molecule has 1 nitrogen and oxygen atoms in total. The first kappa shape index (κ1) is 22.5. The van der Waals surface area contributed by atoms with Crippen molar-refractivity contribution >= 4 is 25.9 Å². The minimum Gasteiger partial charge on any atom is -1.00 e. The number of para-hydroxylation sites is 1. The molecule has 0 fully saturated rings. The largest absolute Gasteiger partial charge is 3.00 e. The Balaban J connectivity index is -0.0000000800. The van der Waals surface area contributed by atoms with E-state index in [1.807, 2.05) is 30.3 Å². The molecule has 1 rings (SSSR count). The molecule has 6 heteroatoms. The van der Waals surface area contributed by atoms with Crippen molar-refractivity contribution in [3.63, 3.8) is 0 Å². The van der Waals surface area contributed by atoms with Gasteiger partial charge in [0.25, 0.3) is 0 Å². The maximum Gasteiger partial charge on any atom is 3.00 e. The van der Waals surface area contributed by atoms with Gasteiger partial charge in [-0.15, -0.1) is 0 Å². The summed E-state index contributed by atoms with van der Waals surface area (Å²) >= 11 is 5.28. The second kappa shape index (κ2) is 12.8. The van der Waals surface area contributed by atoms with Crippen LogP contribution in [0.4, 0.5) is 5.69 Å². The summed E-state index contributed by atoms with van der Waals surface area (Å²) < 4.78 is 0. The summed E-state index contributed by atoms with van der Waals surface area (Å²) in [6.45, 7) is 0. The Morgan fingerprint density at radius 3 is 1.58 bits per heavy atom. The average molecular weight is 195 g/mol. The van der Waals surface area contributed by atoms with Gasteiger partial charge in [0.05, 0.1) is 0 Å². The first-order valence-electron chi connectivity index (χ1n) is 2.35. The molecule has 0 amide bonds. The van der Waals surface area contributed by atoms with E-state index in [0.29, 0.717) is 0 Å². The average Bonchev–Trinajstić information content (AvgIpc) is 1.90. The second-order valence-corrected chi connectivity index (χ2v) is 1.65. The molecule has 0 saturated carbocycles. The molecule has 0 bridgehead atoms. The zero-order valence-electron chi connectivity index (χ0n) is 5.98. The molecule has 0 spiro atoms. The van der Waals surface area contributed by atoms with Crippen LogP contribution in [0, 0.1) is 0 Å². The topological polar surface area (TPSA) is 12.0 Å². The van der Waals surface area contributed by atoms with E-state index in [1.165, 1.54) is 0 Å². The van der Waals surface area contributed by atoms with E-state index in [9.17, 15) is 0 Å². The van der Waals surface area contributed by atoms with E-state index in [1.54, 1.807) is 0 Å². The zero-order valence-corrected chi connectivity index (χ0v) is 6.73. The molecule has 1 N–H and O–H groups in total. The maximum atomic E-state index is 5.28. The van der Waals surface area contributed by atoms with Crippen molar-refractivity contribution in [2.75, 3.05) is 4.84 Å². The van der Waals surface area contributed by atoms with Crippen LogP contribution >= 0.6 is 11.8 Å². The van der Waals surface area contributed by atoms with Gasteiger partial charge in [0.1, 0.15) is 0 Å². The van der Waals surface area contributed by atoms with E-state index in [-0.39, 0.29) is 22.5 Å². The summed E-state index contributed by atoms with van der Waals surface area (Å²) in [6.07, 6.45) is 0. The quantitative estimate of drug-likeness (QED) is 0.347. The minimum absolute atomic E-state index is 0. The van der Waals surface area contributed by atoms with Crippen LogP contribution in [0.25, 0.3) is 0 Å². The third-order valence-electron chi connectivity index (χ3n) is 0.883. The van der Waals surface area contributed by atoms with Gasteiger partial charge in [0.15, 0.2) is 0 Å². The molecule has 0 atom stereocenters. The Bertz CT molecular complexity index is 164. The first-order valence-corrected chi connectivity index (χ1v) is 2.73. The zero-order chi connectivity index (χ0) is 5.82. The van der Waals surface area contributed by atoms with Gasteiger partial charge in [-0.2, -0.15) is 0 Å². The number of nitrogens with one attached hydrogen (secondary N) is 1. The first-order chi connectivity index (χ1) is 3.93. The fourth-order valence-electron chi connectivity index (χ4n) is 0.501. The normalized spacial score (nSPS) is 5.75.